The maximum Gasteiger partial charge on any atom is 0.207 e. The lowest BCUT2D eigenvalue weighted by Crippen LogP contribution is -1.97. The fourth-order valence-corrected chi connectivity index (χ4v) is 0.464. The molecule has 0 spiro atoms. The van der Waals surface area contributed by atoms with Crippen molar-refractivity contribution in [1.29, 1.82) is 0 Å². The maximum atomic E-state index is 9.73. The van der Waals surface area contributed by atoms with Crippen LogP contribution in [0, 0.1) is 10.1 Å². The van der Waals surface area contributed by atoms with Crippen LogP contribution in [0.15, 0.2) is 12.2 Å². The third-order valence-corrected chi connectivity index (χ3v) is 0.881. The van der Waals surface area contributed by atoms with Gasteiger partial charge in [0.05, 0.1) is 0 Å². The summed E-state index contributed by atoms with van der Waals surface area (Å²) in [5.41, 5.74) is 0. The lowest BCUT2D eigenvalue weighted by atomic mass is 10.3. The van der Waals surface area contributed by atoms with Gasteiger partial charge in [0.2, 0.25) is 6.54 Å². The molecule has 0 amide bonds. The zero-order chi connectivity index (χ0) is 7.11. The van der Waals surface area contributed by atoms with Crippen LogP contribution in [0.3, 0.4) is 0 Å². The molecule has 3 heteroatoms. The number of nitro groups is 1. The quantitative estimate of drug-likeness (QED) is 0.329. The van der Waals surface area contributed by atoms with Gasteiger partial charge in [0.1, 0.15) is 0 Å². The Balaban J connectivity index is 3.09. The smallest absolute Gasteiger partial charge is 0.207 e. The van der Waals surface area contributed by atoms with Gasteiger partial charge in [-0.25, -0.2) is 0 Å². The first-order valence-corrected chi connectivity index (χ1v) is 3.04. The highest BCUT2D eigenvalue weighted by atomic mass is 16.6. The van der Waals surface area contributed by atoms with E-state index in [1.807, 2.05) is 19.1 Å². The molecule has 0 fully saturated rings. The van der Waals surface area contributed by atoms with Gasteiger partial charge in [-0.1, -0.05) is 19.1 Å². The van der Waals surface area contributed by atoms with Crippen molar-refractivity contribution in [2.24, 2.45) is 0 Å². The van der Waals surface area contributed by atoms with Crippen molar-refractivity contribution in [3.8, 4) is 0 Å². The van der Waals surface area contributed by atoms with Crippen molar-refractivity contribution in [2.75, 3.05) is 6.54 Å². The Morgan fingerprint density at radius 1 is 1.56 bits per heavy atom. The summed E-state index contributed by atoms with van der Waals surface area (Å²) in [4.78, 5) is 9.43. The van der Waals surface area contributed by atoms with E-state index in [0.717, 1.165) is 6.42 Å². The van der Waals surface area contributed by atoms with Gasteiger partial charge in [-0.3, -0.25) is 10.1 Å². The molecule has 0 saturated carbocycles. The van der Waals surface area contributed by atoms with Crippen LogP contribution in [0.2, 0.25) is 0 Å². The van der Waals surface area contributed by atoms with Gasteiger partial charge < -0.3 is 0 Å². The van der Waals surface area contributed by atoms with E-state index in [1.165, 1.54) is 0 Å². The van der Waals surface area contributed by atoms with Crippen molar-refractivity contribution in [2.45, 2.75) is 19.8 Å². The van der Waals surface area contributed by atoms with Gasteiger partial charge in [0, 0.05) is 11.3 Å². The average molecular weight is 129 g/mol. The van der Waals surface area contributed by atoms with Gasteiger partial charge in [0.15, 0.2) is 0 Å². The number of rotatable bonds is 4. The van der Waals surface area contributed by atoms with Crippen LogP contribution in [-0.4, -0.2) is 11.5 Å². The molecule has 0 aliphatic carbocycles. The van der Waals surface area contributed by atoms with E-state index in [1.54, 1.807) is 0 Å². The Morgan fingerprint density at radius 2 is 2.22 bits per heavy atom. The van der Waals surface area contributed by atoms with E-state index in [-0.39, 0.29) is 11.5 Å². The van der Waals surface area contributed by atoms with Crippen LogP contribution in [0.25, 0.3) is 0 Å². The largest absolute Gasteiger partial charge is 0.265 e. The predicted molar refractivity (Wildman–Crippen MR) is 35.9 cm³/mol. The maximum absolute atomic E-state index is 9.73. The third-order valence-electron chi connectivity index (χ3n) is 0.881. The lowest BCUT2D eigenvalue weighted by Gasteiger charge is -1.84. The Labute approximate surface area is 54.5 Å². The number of hydrogen-bond donors (Lipinski definition) is 0. The molecule has 9 heavy (non-hydrogen) atoms. The van der Waals surface area contributed by atoms with E-state index in [4.69, 9.17) is 0 Å². The Hall–Kier alpha value is -0.860. The zero-order valence-corrected chi connectivity index (χ0v) is 5.54. The number of allylic oxidation sites excluding steroid dienone is 1. The summed E-state index contributed by atoms with van der Waals surface area (Å²) < 4.78 is 0. The molecule has 0 bridgehead atoms. The van der Waals surface area contributed by atoms with Crippen molar-refractivity contribution in [3.05, 3.63) is 22.3 Å². The van der Waals surface area contributed by atoms with Gasteiger partial charge in [-0.15, -0.1) is 0 Å². The van der Waals surface area contributed by atoms with Gasteiger partial charge >= 0.3 is 0 Å². The molecule has 3 nitrogen and oxygen atoms in total. The van der Waals surface area contributed by atoms with E-state index in [9.17, 15) is 10.1 Å². The molecule has 0 atom stereocenters. The summed E-state index contributed by atoms with van der Waals surface area (Å²) in [6.07, 6.45) is 5.28. The Morgan fingerprint density at radius 3 is 2.67 bits per heavy atom. The van der Waals surface area contributed by atoms with Crippen molar-refractivity contribution in [1.82, 2.24) is 0 Å². The van der Waals surface area contributed by atoms with E-state index >= 15 is 0 Å². The van der Waals surface area contributed by atoms with Crippen LogP contribution < -0.4 is 0 Å². The van der Waals surface area contributed by atoms with Crippen LogP contribution >= 0.6 is 0 Å². The molecular weight excluding hydrogens is 118 g/mol. The van der Waals surface area contributed by atoms with E-state index in [0.29, 0.717) is 6.42 Å². The van der Waals surface area contributed by atoms with E-state index in [2.05, 4.69) is 0 Å². The summed E-state index contributed by atoms with van der Waals surface area (Å²) in [7, 11) is 0. The van der Waals surface area contributed by atoms with Crippen molar-refractivity contribution >= 4 is 0 Å². The van der Waals surface area contributed by atoms with Gasteiger partial charge in [-0.2, -0.15) is 0 Å². The normalized spacial score (nSPS) is 10.3. The second-order valence-electron chi connectivity index (χ2n) is 1.72. The fraction of sp³-hybridized carbons (Fsp3) is 0.667. The molecule has 0 heterocycles. The summed E-state index contributed by atoms with van der Waals surface area (Å²) in [6, 6.07) is 0. The summed E-state index contributed by atoms with van der Waals surface area (Å²) in [6.45, 7) is 2.05. The molecular formula is C6H11NO2. The Bertz CT molecular complexity index is 110. The highest BCUT2D eigenvalue weighted by molar-refractivity contribution is 4.79. The number of hydrogen-bond acceptors (Lipinski definition) is 2. The molecule has 0 aliphatic heterocycles. The summed E-state index contributed by atoms with van der Waals surface area (Å²) in [5, 5.41) is 9.73. The number of nitrogens with zero attached hydrogens (tertiary/aromatic N) is 1. The summed E-state index contributed by atoms with van der Waals surface area (Å²) in [5.74, 6) is 0. The Kier molecular flexibility index (Phi) is 4.78. The fourth-order valence-electron chi connectivity index (χ4n) is 0.464. The minimum absolute atomic E-state index is 0.0521. The molecule has 52 valence electrons. The SMILES string of the molecule is CC/C=C/CC[N+](=O)[O-]. The first kappa shape index (κ1) is 8.14. The van der Waals surface area contributed by atoms with Crippen LogP contribution in [0.4, 0.5) is 0 Å². The second-order valence-corrected chi connectivity index (χ2v) is 1.72. The standard InChI is InChI=1S/C6H11NO2/c1-2-3-4-5-6-7(8)9/h3-4H,2,5-6H2,1H3/b4-3+. The molecule has 0 N–H and O–H groups in total. The van der Waals surface area contributed by atoms with E-state index < -0.39 is 0 Å². The molecule has 0 radical (unpaired) electrons. The molecule has 0 aromatic rings. The van der Waals surface area contributed by atoms with Crippen LogP contribution in [-0.2, 0) is 0 Å². The minimum atomic E-state index is -0.306. The highest BCUT2D eigenvalue weighted by Crippen LogP contribution is 1.85. The zero-order valence-electron chi connectivity index (χ0n) is 5.54. The molecule has 0 aromatic carbocycles. The predicted octanol–water partition coefficient (Wildman–Crippen LogP) is 1.62. The van der Waals surface area contributed by atoms with Gasteiger partial charge in [-0.05, 0) is 6.42 Å². The topological polar surface area (TPSA) is 43.1 Å². The van der Waals surface area contributed by atoms with Crippen LogP contribution in [0.5, 0.6) is 0 Å². The monoisotopic (exact) mass is 129 g/mol. The van der Waals surface area contributed by atoms with Crippen LogP contribution in [0.1, 0.15) is 19.8 Å². The van der Waals surface area contributed by atoms with Gasteiger partial charge in [0.25, 0.3) is 0 Å². The molecule has 0 rings (SSSR count). The molecule has 0 aromatic heterocycles. The lowest BCUT2D eigenvalue weighted by molar-refractivity contribution is -0.478. The average Bonchev–Trinajstić information content (AvgIpc) is 1.80. The second kappa shape index (κ2) is 5.28. The first-order chi connectivity index (χ1) is 4.27. The summed E-state index contributed by atoms with van der Waals surface area (Å²) >= 11 is 0. The van der Waals surface area contributed by atoms with Crippen molar-refractivity contribution in [3.63, 3.8) is 0 Å². The minimum Gasteiger partial charge on any atom is -0.265 e. The molecule has 0 unspecified atom stereocenters. The first-order valence-electron chi connectivity index (χ1n) is 3.04. The third kappa shape index (κ3) is 7.14. The van der Waals surface area contributed by atoms with Crippen molar-refractivity contribution < 1.29 is 4.92 Å². The molecule has 0 saturated heterocycles. The molecule has 0 aliphatic rings. The highest BCUT2D eigenvalue weighted by Gasteiger charge is 1.89.